The van der Waals surface area contributed by atoms with Gasteiger partial charge >= 0.3 is 0 Å². The van der Waals surface area contributed by atoms with Crippen LogP contribution in [0.3, 0.4) is 0 Å². The van der Waals surface area contributed by atoms with Crippen molar-refractivity contribution in [1.82, 2.24) is 9.88 Å². The molecule has 20 heavy (non-hydrogen) atoms. The highest BCUT2D eigenvalue weighted by Gasteiger charge is 2.43. The van der Waals surface area contributed by atoms with E-state index in [1.54, 1.807) is 11.3 Å². The second kappa shape index (κ2) is 5.01. The predicted octanol–water partition coefficient (Wildman–Crippen LogP) is 4.02. The van der Waals surface area contributed by atoms with Crippen LogP contribution in [-0.2, 0) is 6.54 Å². The first-order valence-electron chi connectivity index (χ1n) is 7.50. The SMILES string of the molecule is CN(Cc1coc(-c2cccs2)n1)C(C1CC1)C1CC1. The van der Waals surface area contributed by atoms with Crippen LogP contribution in [0, 0.1) is 11.8 Å². The van der Waals surface area contributed by atoms with Crippen molar-refractivity contribution in [3.05, 3.63) is 29.5 Å². The summed E-state index contributed by atoms with van der Waals surface area (Å²) >= 11 is 1.67. The van der Waals surface area contributed by atoms with Crippen LogP contribution in [0.5, 0.6) is 0 Å². The number of nitrogens with zero attached hydrogens (tertiary/aromatic N) is 2. The van der Waals surface area contributed by atoms with Crippen molar-refractivity contribution in [1.29, 1.82) is 0 Å². The van der Waals surface area contributed by atoms with Crippen molar-refractivity contribution >= 4 is 11.3 Å². The lowest BCUT2D eigenvalue weighted by molar-refractivity contribution is 0.185. The molecule has 0 saturated heterocycles. The maximum Gasteiger partial charge on any atom is 0.236 e. The number of rotatable bonds is 6. The lowest BCUT2D eigenvalue weighted by Gasteiger charge is -2.27. The summed E-state index contributed by atoms with van der Waals surface area (Å²) in [6.07, 6.45) is 7.51. The zero-order valence-electron chi connectivity index (χ0n) is 11.8. The molecule has 106 valence electrons. The maximum absolute atomic E-state index is 5.61. The summed E-state index contributed by atoms with van der Waals surface area (Å²) < 4.78 is 5.61. The third-order valence-corrected chi connectivity index (χ3v) is 5.27. The van der Waals surface area contributed by atoms with E-state index in [4.69, 9.17) is 4.42 Å². The van der Waals surface area contributed by atoms with Crippen LogP contribution >= 0.6 is 11.3 Å². The van der Waals surface area contributed by atoms with Gasteiger partial charge in [-0.1, -0.05) is 6.07 Å². The first-order chi connectivity index (χ1) is 9.81. The predicted molar refractivity (Wildman–Crippen MR) is 80.5 cm³/mol. The average Bonchev–Trinajstić information content (AvgIpc) is 3.34. The highest BCUT2D eigenvalue weighted by molar-refractivity contribution is 7.13. The summed E-state index contributed by atoms with van der Waals surface area (Å²) in [7, 11) is 2.25. The number of hydrogen-bond donors (Lipinski definition) is 0. The van der Waals surface area contributed by atoms with Gasteiger partial charge in [0.1, 0.15) is 6.26 Å². The summed E-state index contributed by atoms with van der Waals surface area (Å²) in [4.78, 5) is 8.25. The van der Waals surface area contributed by atoms with Crippen molar-refractivity contribution in [2.75, 3.05) is 7.05 Å². The van der Waals surface area contributed by atoms with Gasteiger partial charge in [-0.25, -0.2) is 4.98 Å². The van der Waals surface area contributed by atoms with Crippen LogP contribution in [0.1, 0.15) is 31.4 Å². The van der Waals surface area contributed by atoms with Crippen molar-refractivity contribution in [2.24, 2.45) is 11.8 Å². The van der Waals surface area contributed by atoms with Crippen LogP contribution in [-0.4, -0.2) is 23.0 Å². The quantitative estimate of drug-likeness (QED) is 0.804. The minimum absolute atomic E-state index is 0.762. The smallest absolute Gasteiger partial charge is 0.236 e. The van der Waals surface area contributed by atoms with Gasteiger partial charge in [-0.15, -0.1) is 11.3 Å². The van der Waals surface area contributed by atoms with E-state index >= 15 is 0 Å². The van der Waals surface area contributed by atoms with Crippen molar-refractivity contribution in [3.8, 4) is 10.8 Å². The third-order valence-electron chi connectivity index (χ3n) is 4.41. The second-order valence-corrected chi connectivity index (χ2v) is 7.15. The molecule has 2 heterocycles. The van der Waals surface area contributed by atoms with Crippen molar-refractivity contribution in [2.45, 2.75) is 38.3 Å². The summed E-state index contributed by atoms with van der Waals surface area (Å²) in [5.74, 6) is 2.64. The first-order valence-corrected chi connectivity index (χ1v) is 8.38. The molecular formula is C16H20N2OS. The number of aromatic nitrogens is 1. The summed E-state index contributed by atoms with van der Waals surface area (Å²) in [6, 6.07) is 4.87. The lowest BCUT2D eigenvalue weighted by atomic mass is 10.1. The molecule has 0 atom stereocenters. The van der Waals surface area contributed by atoms with Gasteiger partial charge in [0.05, 0.1) is 10.6 Å². The van der Waals surface area contributed by atoms with Gasteiger partial charge in [-0.2, -0.15) is 0 Å². The number of thiophene rings is 1. The molecule has 0 N–H and O–H groups in total. The monoisotopic (exact) mass is 288 g/mol. The number of oxazole rings is 1. The molecule has 4 heteroatoms. The third kappa shape index (κ3) is 2.54. The Bertz CT molecular complexity index is 557. The first kappa shape index (κ1) is 12.6. The zero-order chi connectivity index (χ0) is 13.5. The van der Waals surface area contributed by atoms with E-state index in [9.17, 15) is 0 Å². The molecule has 2 aromatic rings. The average molecular weight is 288 g/mol. The van der Waals surface area contributed by atoms with Crippen LogP contribution < -0.4 is 0 Å². The molecule has 0 bridgehead atoms. The molecule has 2 aliphatic rings. The Kier molecular flexibility index (Phi) is 3.15. The molecule has 2 fully saturated rings. The maximum atomic E-state index is 5.61. The highest BCUT2D eigenvalue weighted by Crippen LogP contribution is 2.47. The normalized spacial score (nSPS) is 19.1. The molecule has 3 nitrogen and oxygen atoms in total. The topological polar surface area (TPSA) is 29.3 Å². The van der Waals surface area contributed by atoms with Gasteiger partial charge in [0, 0.05) is 12.6 Å². The Morgan fingerprint density at radius 3 is 2.70 bits per heavy atom. The summed E-state index contributed by atoms with van der Waals surface area (Å²) in [5, 5.41) is 2.06. The summed E-state index contributed by atoms with van der Waals surface area (Å²) in [6.45, 7) is 0.909. The van der Waals surface area contributed by atoms with Gasteiger partial charge in [0.25, 0.3) is 0 Å². The molecule has 0 unspecified atom stereocenters. The van der Waals surface area contributed by atoms with E-state index in [0.29, 0.717) is 0 Å². The minimum atomic E-state index is 0.762. The fourth-order valence-corrected chi connectivity index (χ4v) is 3.89. The van der Waals surface area contributed by atoms with E-state index in [1.165, 1.54) is 25.7 Å². The molecule has 2 aromatic heterocycles. The van der Waals surface area contributed by atoms with Crippen LogP contribution in [0.2, 0.25) is 0 Å². The van der Waals surface area contributed by atoms with E-state index in [2.05, 4.69) is 28.4 Å². The fourth-order valence-electron chi connectivity index (χ4n) is 3.23. The number of hydrogen-bond acceptors (Lipinski definition) is 4. The second-order valence-electron chi connectivity index (χ2n) is 6.20. The Labute approximate surface area is 123 Å². The van der Waals surface area contributed by atoms with Crippen LogP contribution in [0.15, 0.2) is 28.2 Å². The van der Waals surface area contributed by atoms with E-state index < -0.39 is 0 Å². The van der Waals surface area contributed by atoms with Gasteiger partial charge < -0.3 is 4.42 Å². The standard InChI is InChI=1S/C16H20N2OS/c1-18(15(11-4-5-11)12-6-7-12)9-13-10-19-16(17-13)14-3-2-8-20-14/h2-3,8,10-12,15H,4-7,9H2,1H3. The Hall–Kier alpha value is -1.13. The molecule has 2 saturated carbocycles. The largest absolute Gasteiger partial charge is 0.444 e. The van der Waals surface area contributed by atoms with E-state index in [-0.39, 0.29) is 0 Å². The molecule has 2 aliphatic carbocycles. The van der Waals surface area contributed by atoms with Gasteiger partial charge in [-0.05, 0) is 56.0 Å². The molecule has 0 aliphatic heterocycles. The molecule has 0 radical (unpaired) electrons. The van der Waals surface area contributed by atoms with E-state index in [1.807, 2.05) is 12.3 Å². The van der Waals surface area contributed by atoms with Gasteiger partial charge in [0.15, 0.2) is 0 Å². The van der Waals surface area contributed by atoms with Crippen molar-refractivity contribution in [3.63, 3.8) is 0 Å². The molecule has 0 aromatic carbocycles. The lowest BCUT2D eigenvalue weighted by Crippen LogP contribution is -2.34. The summed E-state index contributed by atoms with van der Waals surface area (Å²) in [5.41, 5.74) is 1.06. The van der Waals surface area contributed by atoms with Crippen molar-refractivity contribution < 1.29 is 4.42 Å². The minimum Gasteiger partial charge on any atom is -0.444 e. The van der Waals surface area contributed by atoms with Gasteiger partial charge in [-0.3, -0.25) is 4.90 Å². The van der Waals surface area contributed by atoms with E-state index in [0.717, 1.165) is 40.9 Å². The highest BCUT2D eigenvalue weighted by atomic mass is 32.1. The van der Waals surface area contributed by atoms with Crippen LogP contribution in [0.25, 0.3) is 10.8 Å². The zero-order valence-corrected chi connectivity index (χ0v) is 12.6. The molecule has 4 rings (SSSR count). The Morgan fingerprint density at radius 2 is 2.10 bits per heavy atom. The molecule has 0 spiro atoms. The fraction of sp³-hybridized carbons (Fsp3) is 0.562. The molecular weight excluding hydrogens is 268 g/mol. The molecule has 0 amide bonds. The van der Waals surface area contributed by atoms with Crippen LogP contribution in [0.4, 0.5) is 0 Å². The van der Waals surface area contributed by atoms with Gasteiger partial charge in [0.2, 0.25) is 5.89 Å². The Balaban J connectivity index is 1.45. The Morgan fingerprint density at radius 1 is 1.35 bits per heavy atom.